The Labute approximate surface area is 268 Å². The van der Waals surface area contributed by atoms with Crippen LogP contribution in [0.25, 0.3) is 54.2 Å². The second-order valence-corrected chi connectivity index (χ2v) is 13.3. The summed E-state index contributed by atoms with van der Waals surface area (Å²) in [4.78, 5) is 0.220. The molecule has 0 aromatic heterocycles. The maximum absolute atomic E-state index is 14.0. The van der Waals surface area contributed by atoms with Crippen LogP contribution < -0.4 is 10.0 Å². The van der Waals surface area contributed by atoms with Crippen LogP contribution >= 0.6 is 0 Å². The standard InChI is InChI=1S/C41H30N2O2S/c44-46(45,35-22-19-30-10-2-4-14-34(30)26-35)43-39-24-21-32-12-6-8-16-37(32)41(39)40-36-15-7-5-11-31(36)20-23-38(40)42-27-28-17-18-29-9-1-3-13-33(29)25-28/h1-26,42-43H,27H2. The van der Waals surface area contributed by atoms with Crippen LogP contribution in [0.15, 0.2) is 163 Å². The number of rotatable bonds is 7. The molecule has 0 fully saturated rings. The molecule has 0 saturated heterocycles. The summed E-state index contributed by atoms with van der Waals surface area (Å²) in [6.45, 7) is 0.610. The molecule has 8 aromatic rings. The van der Waals surface area contributed by atoms with Crippen molar-refractivity contribution in [2.45, 2.75) is 11.4 Å². The Balaban J connectivity index is 1.28. The lowest BCUT2D eigenvalue weighted by Gasteiger charge is -2.21. The molecule has 0 radical (unpaired) electrons. The lowest BCUT2D eigenvalue weighted by Crippen LogP contribution is -2.14. The van der Waals surface area contributed by atoms with Crippen molar-refractivity contribution in [2.75, 3.05) is 10.0 Å². The number of hydrogen-bond acceptors (Lipinski definition) is 3. The average Bonchev–Trinajstić information content (AvgIpc) is 3.10. The van der Waals surface area contributed by atoms with Crippen LogP contribution in [0, 0.1) is 0 Å². The zero-order valence-corrected chi connectivity index (χ0v) is 25.8. The number of nitrogens with one attached hydrogen (secondary N) is 2. The van der Waals surface area contributed by atoms with E-state index in [4.69, 9.17) is 0 Å². The van der Waals surface area contributed by atoms with Gasteiger partial charge in [-0.05, 0) is 79.0 Å². The molecule has 2 N–H and O–H groups in total. The molecular weight excluding hydrogens is 585 g/mol. The van der Waals surface area contributed by atoms with Gasteiger partial charge in [-0.15, -0.1) is 0 Å². The minimum atomic E-state index is -3.92. The normalized spacial score (nSPS) is 11.7. The van der Waals surface area contributed by atoms with E-state index in [0.717, 1.165) is 54.7 Å². The maximum Gasteiger partial charge on any atom is 0.261 e. The summed E-state index contributed by atoms with van der Waals surface area (Å²) in [5, 5.41) is 12.1. The number of fused-ring (bicyclic) bond motifs is 4. The highest BCUT2D eigenvalue weighted by atomic mass is 32.2. The van der Waals surface area contributed by atoms with Crippen LogP contribution in [0.5, 0.6) is 0 Å². The predicted molar refractivity (Wildman–Crippen MR) is 193 cm³/mol. The van der Waals surface area contributed by atoms with Crippen molar-refractivity contribution in [3.05, 3.63) is 163 Å². The Hall–Kier alpha value is -5.65. The lowest BCUT2D eigenvalue weighted by molar-refractivity contribution is 0.601. The van der Waals surface area contributed by atoms with E-state index >= 15 is 0 Å². The Kier molecular flexibility index (Phi) is 6.89. The van der Waals surface area contributed by atoms with Crippen LogP contribution in [0.2, 0.25) is 0 Å². The molecule has 222 valence electrons. The van der Waals surface area contributed by atoms with Crippen LogP contribution in [0.1, 0.15) is 5.56 Å². The smallest absolute Gasteiger partial charge is 0.261 e. The number of benzene rings is 8. The molecule has 0 atom stereocenters. The van der Waals surface area contributed by atoms with Gasteiger partial charge in [-0.25, -0.2) is 8.42 Å². The molecule has 4 nitrogen and oxygen atoms in total. The molecule has 0 heterocycles. The number of anilines is 2. The third-order valence-electron chi connectivity index (χ3n) is 8.68. The van der Waals surface area contributed by atoms with E-state index in [2.05, 4.69) is 88.9 Å². The topological polar surface area (TPSA) is 58.2 Å². The fourth-order valence-electron chi connectivity index (χ4n) is 6.40. The van der Waals surface area contributed by atoms with E-state index in [-0.39, 0.29) is 4.90 Å². The zero-order valence-electron chi connectivity index (χ0n) is 24.9. The first-order valence-corrected chi connectivity index (χ1v) is 16.8. The van der Waals surface area contributed by atoms with Crippen molar-refractivity contribution in [3.63, 3.8) is 0 Å². The zero-order chi connectivity index (χ0) is 31.1. The molecule has 5 heteroatoms. The van der Waals surface area contributed by atoms with Crippen LogP contribution in [0.3, 0.4) is 0 Å². The van der Waals surface area contributed by atoms with Gasteiger partial charge in [0.05, 0.1) is 10.6 Å². The predicted octanol–water partition coefficient (Wildman–Crippen LogP) is 10.4. The van der Waals surface area contributed by atoms with Crippen molar-refractivity contribution in [3.8, 4) is 11.1 Å². The molecule has 0 aliphatic carbocycles. The summed E-state index contributed by atoms with van der Waals surface area (Å²) < 4.78 is 31.0. The van der Waals surface area contributed by atoms with Crippen molar-refractivity contribution in [2.24, 2.45) is 0 Å². The third-order valence-corrected chi connectivity index (χ3v) is 10.0. The van der Waals surface area contributed by atoms with Gasteiger partial charge in [0.25, 0.3) is 10.0 Å². The molecule has 0 spiro atoms. The molecule has 0 aliphatic rings. The van der Waals surface area contributed by atoms with Crippen molar-refractivity contribution < 1.29 is 8.42 Å². The van der Waals surface area contributed by atoms with Crippen LogP contribution in [-0.2, 0) is 16.6 Å². The molecule has 46 heavy (non-hydrogen) atoms. The molecular formula is C41H30N2O2S. The summed E-state index contributed by atoms with van der Waals surface area (Å²) in [5.74, 6) is 0. The Bertz CT molecular complexity index is 2540. The van der Waals surface area contributed by atoms with Crippen molar-refractivity contribution in [1.29, 1.82) is 0 Å². The summed E-state index contributed by atoms with van der Waals surface area (Å²) in [6, 6.07) is 52.4. The first kappa shape index (κ1) is 27.9. The monoisotopic (exact) mass is 614 g/mol. The Morgan fingerprint density at radius 3 is 1.57 bits per heavy atom. The van der Waals surface area contributed by atoms with E-state index in [1.165, 1.54) is 10.8 Å². The van der Waals surface area contributed by atoms with E-state index in [0.29, 0.717) is 12.2 Å². The average molecular weight is 615 g/mol. The third kappa shape index (κ3) is 5.11. The molecule has 0 unspecified atom stereocenters. The summed E-state index contributed by atoms with van der Waals surface area (Å²) in [6.07, 6.45) is 0. The Morgan fingerprint density at radius 1 is 0.435 bits per heavy atom. The highest BCUT2D eigenvalue weighted by molar-refractivity contribution is 7.92. The highest BCUT2D eigenvalue weighted by Gasteiger charge is 2.22. The number of sulfonamides is 1. The first-order chi connectivity index (χ1) is 22.5. The van der Waals surface area contributed by atoms with Gasteiger partial charge in [0, 0.05) is 23.4 Å². The largest absolute Gasteiger partial charge is 0.380 e. The van der Waals surface area contributed by atoms with Gasteiger partial charge in [-0.2, -0.15) is 0 Å². The SMILES string of the molecule is O=S(=O)(Nc1ccc2ccccc2c1-c1c(NCc2ccc3ccccc3c2)ccc2ccccc12)c1ccc2ccccc2c1. The van der Waals surface area contributed by atoms with Gasteiger partial charge >= 0.3 is 0 Å². The first-order valence-electron chi connectivity index (χ1n) is 15.3. The fourth-order valence-corrected chi connectivity index (χ4v) is 7.51. The van der Waals surface area contributed by atoms with Crippen LogP contribution in [0.4, 0.5) is 11.4 Å². The summed E-state index contributed by atoms with van der Waals surface area (Å²) in [7, 11) is -3.92. The van der Waals surface area contributed by atoms with Gasteiger partial charge in [0.15, 0.2) is 0 Å². The van der Waals surface area contributed by atoms with Crippen LogP contribution in [-0.4, -0.2) is 8.42 Å². The van der Waals surface area contributed by atoms with E-state index in [9.17, 15) is 8.42 Å². The molecule has 0 saturated carbocycles. The molecule has 0 aliphatic heterocycles. The molecule has 0 amide bonds. The van der Waals surface area contributed by atoms with Gasteiger partial charge < -0.3 is 5.32 Å². The maximum atomic E-state index is 14.0. The van der Waals surface area contributed by atoms with Gasteiger partial charge in [-0.1, -0.05) is 127 Å². The van der Waals surface area contributed by atoms with E-state index < -0.39 is 10.0 Å². The minimum absolute atomic E-state index is 0.220. The van der Waals surface area contributed by atoms with E-state index in [1.54, 1.807) is 12.1 Å². The van der Waals surface area contributed by atoms with Crippen molar-refractivity contribution >= 4 is 64.5 Å². The van der Waals surface area contributed by atoms with Gasteiger partial charge in [0.1, 0.15) is 0 Å². The fraction of sp³-hybridized carbons (Fsp3) is 0.0244. The van der Waals surface area contributed by atoms with Gasteiger partial charge in [-0.3, -0.25) is 4.72 Å². The number of hydrogen-bond donors (Lipinski definition) is 2. The quantitative estimate of drug-likeness (QED) is 0.188. The molecule has 0 bridgehead atoms. The Morgan fingerprint density at radius 2 is 0.913 bits per heavy atom. The van der Waals surface area contributed by atoms with Gasteiger partial charge in [0.2, 0.25) is 0 Å². The highest BCUT2D eigenvalue weighted by Crippen LogP contribution is 2.44. The molecule has 8 aromatic carbocycles. The summed E-state index contributed by atoms with van der Waals surface area (Å²) in [5.41, 5.74) is 4.39. The minimum Gasteiger partial charge on any atom is -0.380 e. The second-order valence-electron chi connectivity index (χ2n) is 11.6. The van der Waals surface area contributed by atoms with E-state index in [1.807, 2.05) is 66.7 Å². The lowest BCUT2D eigenvalue weighted by atomic mass is 9.91. The molecule has 8 rings (SSSR count). The van der Waals surface area contributed by atoms with Crippen molar-refractivity contribution in [1.82, 2.24) is 0 Å². The second kappa shape index (κ2) is 11.4. The summed E-state index contributed by atoms with van der Waals surface area (Å²) >= 11 is 0.